The number of rotatable bonds is 9. The van der Waals surface area contributed by atoms with Gasteiger partial charge in [0.2, 0.25) is 5.91 Å². The summed E-state index contributed by atoms with van der Waals surface area (Å²) in [6.07, 6.45) is 8.77. The van der Waals surface area contributed by atoms with Crippen LogP contribution in [0, 0.1) is 6.92 Å². The van der Waals surface area contributed by atoms with Gasteiger partial charge >= 0.3 is 0 Å². The first-order valence-electron chi connectivity index (χ1n) is 11.5. The molecule has 1 aromatic heterocycles. The van der Waals surface area contributed by atoms with Crippen LogP contribution in [0.1, 0.15) is 47.7 Å². The van der Waals surface area contributed by atoms with E-state index in [4.69, 9.17) is 21.1 Å². The van der Waals surface area contributed by atoms with Gasteiger partial charge in [0, 0.05) is 17.6 Å². The number of fused-ring (bicyclic) bond motifs is 1. The summed E-state index contributed by atoms with van der Waals surface area (Å²) in [5.41, 5.74) is 5.80. The first kappa shape index (κ1) is 23.9. The van der Waals surface area contributed by atoms with Crippen molar-refractivity contribution in [3.05, 3.63) is 76.9 Å². The molecule has 1 amide bonds. The normalized spacial score (nSPS) is 15.2. The molecule has 0 radical (unpaired) electrons. The molecule has 6 nitrogen and oxygen atoms in total. The molecule has 1 unspecified atom stereocenters. The maximum atomic E-state index is 13.3. The van der Waals surface area contributed by atoms with Crippen LogP contribution in [0.2, 0.25) is 0 Å². The molecule has 1 heterocycles. The van der Waals surface area contributed by atoms with Crippen LogP contribution in [0.4, 0.5) is 0 Å². The number of nitrogens with zero attached hydrogens (tertiary/aromatic N) is 2. The summed E-state index contributed by atoms with van der Waals surface area (Å²) in [5.74, 6) is 1.94. The molecule has 7 heteroatoms. The van der Waals surface area contributed by atoms with E-state index in [9.17, 15) is 4.79 Å². The molecule has 178 valence electrons. The average Bonchev–Trinajstić information content (AvgIpc) is 3.47. The number of benzene rings is 2. The maximum absolute atomic E-state index is 13.3. The van der Waals surface area contributed by atoms with E-state index in [0.717, 1.165) is 47.5 Å². The summed E-state index contributed by atoms with van der Waals surface area (Å²) in [6.45, 7) is 1.95. The Bertz CT molecular complexity index is 1200. The summed E-state index contributed by atoms with van der Waals surface area (Å²) < 4.78 is 12.9. The van der Waals surface area contributed by atoms with E-state index in [1.54, 1.807) is 20.5 Å². The smallest absolute Gasteiger partial charge is 0.247 e. The third kappa shape index (κ3) is 5.28. The lowest BCUT2D eigenvalue weighted by Gasteiger charge is -2.17. The fraction of sp³-hybridized carbons (Fsp3) is 0.333. The Morgan fingerprint density at radius 1 is 1.24 bits per heavy atom. The highest BCUT2D eigenvalue weighted by Crippen LogP contribution is 2.34. The van der Waals surface area contributed by atoms with Crippen molar-refractivity contribution in [2.45, 2.75) is 38.6 Å². The second-order valence-electron chi connectivity index (χ2n) is 8.45. The number of alkyl halides is 1. The number of imidazole rings is 1. The van der Waals surface area contributed by atoms with Crippen molar-refractivity contribution in [3.8, 4) is 17.2 Å². The highest BCUT2D eigenvalue weighted by atomic mass is 35.5. The van der Waals surface area contributed by atoms with E-state index in [2.05, 4.69) is 16.4 Å². The lowest BCUT2D eigenvalue weighted by molar-refractivity contribution is -0.118. The van der Waals surface area contributed by atoms with Crippen molar-refractivity contribution in [2.24, 2.45) is 0 Å². The SMILES string of the molecule is COc1ccc2c(c1)C(NC(=O)C(=Cc1ccc(-n3cnc(C)c3)c(OC)c1)CCCCl)CC2. The van der Waals surface area contributed by atoms with Crippen LogP contribution in [-0.2, 0) is 11.2 Å². The van der Waals surface area contributed by atoms with Gasteiger partial charge in [-0.05, 0) is 79.6 Å². The molecule has 0 fully saturated rings. The Morgan fingerprint density at radius 2 is 2.09 bits per heavy atom. The van der Waals surface area contributed by atoms with E-state index in [-0.39, 0.29) is 11.9 Å². The van der Waals surface area contributed by atoms with Crippen molar-refractivity contribution >= 4 is 23.6 Å². The van der Waals surface area contributed by atoms with Gasteiger partial charge in [-0.25, -0.2) is 4.98 Å². The third-order valence-corrected chi connectivity index (χ3v) is 6.41. The quantitative estimate of drug-likeness (QED) is 0.329. The van der Waals surface area contributed by atoms with E-state index in [1.807, 2.05) is 54.1 Å². The summed E-state index contributed by atoms with van der Waals surface area (Å²) in [5, 5.41) is 3.23. The lowest BCUT2D eigenvalue weighted by atomic mass is 10.0. The fourth-order valence-electron chi connectivity index (χ4n) is 4.37. The van der Waals surface area contributed by atoms with Crippen molar-refractivity contribution in [2.75, 3.05) is 20.1 Å². The summed E-state index contributed by atoms with van der Waals surface area (Å²) >= 11 is 5.96. The minimum absolute atomic E-state index is 0.0293. The molecular weight excluding hydrogens is 450 g/mol. The highest BCUT2D eigenvalue weighted by Gasteiger charge is 2.25. The Morgan fingerprint density at radius 3 is 2.79 bits per heavy atom. The van der Waals surface area contributed by atoms with Gasteiger partial charge in [-0.15, -0.1) is 11.6 Å². The molecule has 0 saturated carbocycles. The zero-order valence-corrected chi connectivity index (χ0v) is 20.6. The summed E-state index contributed by atoms with van der Waals surface area (Å²) in [7, 11) is 3.30. The molecule has 1 N–H and O–H groups in total. The minimum atomic E-state index is -0.0703. The van der Waals surface area contributed by atoms with Crippen LogP contribution in [-0.4, -0.2) is 35.6 Å². The highest BCUT2D eigenvalue weighted by molar-refractivity contribution is 6.17. The van der Waals surface area contributed by atoms with Crippen LogP contribution < -0.4 is 14.8 Å². The first-order valence-corrected chi connectivity index (χ1v) is 12.0. The van der Waals surface area contributed by atoms with Crippen molar-refractivity contribution < 1.29 is 14.3 Å². The van der Waals surface area contributed by atoms with E-state index in [0.29, 0.717) is 23.6 Å². The van der Waals surface area contributed by atoms with Gasteiger partial charge in [-0.2, -0.15) is 0 Å². The number of hydrogen-bond acceptors (Lipinski definition) is 4. The fourth-order valence-corrected chi connectivity index (χ4v) is 4.50. The van der Waals surface area contributed by atoms with Crippen LogP contribution in [0.15, 0.2) is 54.5 Å². The zero-order valence-electron chi connectivity index (χ0n) is 19.8. The van der Waals surface area contributed by atoms with Crippen LogP contribution in [0.25, 0.3) is 11.8 Å². The minimum Gasteiger partial charge on any atom is -0.497 e. The number of ether oxygens (including phenoxy) is 2. The van der Waals surface area contributed by atoms with Crippen LogP contribution >= 0.6 is 11.6 Å². The van der Waals surface area contributed by atoms with Gasteiger partial charge in [0.05, 0.1) is 38.0 Å². The molecule has 1 aliphatic rings. The number of carbonyl (C=O) groups is 1. The third-order valence-electron chi connectivity index (χ3n) is 6.14. The number of methoxy groups -OCH3 is 2. The Labute approximate surface area is 205 Å². The Kier molecular flexibility index (Phi) is 7.58. The molecule has 0 bridgehead atoms. The topological polar surface area (TPSA) is 65.4 Å². The molecule has 34 heavy (non-hydrogen) atoms. The predicted octanol–water partition coefficient (Wildman–Crippen LogP) is 5.40. The number of amides is 1. The largest absolute Gasteiger partial charge is 0.497 e. The molecule has 4 rings (SSSR count). The van der Waals surface area contributed by atoms with Gasteiger partial charge in [-0.3, -0.25) is 4.79 Å². The molecule has 0 aliphatic heterocycles. The van der Waals surface area contributed by atoms with Gasteiger partial charge in [0.15, 0.2) is 0 Å². The lowest BCUT2D eigenvalue weighted by Crippen LogP contribution is -2.28. The Hall–Kier alpha value is -3.25. The molecule has 3 aromatic rings. The van der Waals surface area contributed by atoms with E-state index in [1.165, 1.54) is 5.56 Å². The standard InChI is InChI=1S/C27H30ClN3O3/c1-18-16-31(17-29-18)25-11-6-19(14-26(25)34-3)13-21(5-4-12-28)27(32)30-24-10-8-20-7-9-22(33-2)15-23(20)24/h6-7,9,11,13-17,24H,4-5,8,10,12H2,1-3H3,(H,30,32). The van der Waals surface area contributed by atoms with Crippen LogP contribution in [0.3, 0.4) is 0 Å². The maximum Gasteiger partial charge on any atom is 0.247 e. The van der Waals surface area contributed by atoms with Gasteiger partial charge in [0.25, 0.3) is 0 Å². The average molecular weight is 480 g/mol. The van der Waals surface area contributed by atoms with E-state index >= 15 is 0 Å². The summed E-state index contributed by atoms with van der Waals surface area (Å²) in [4.78, 5) is 17.6. The second-order valence-corrected chi connectivity index (χ2v) is 8.82. The molecule has 2 aromatic carbocycles. The number of aromatic nitrogens is 2. The Balaban J connectivity index is 1.58. The summed E-state index contributed by atoms with van der Waals surface area (Å²) in [6, 6.07) is 11.9. The number of carbonyl (C=O) groups excluding carboxylic acids is 1. The van der Waals surface area contributed by atoms with Crippen molar-refractivity contribution in [1.82, 2.24) is 14.9 Å². The van der Waals surface area contributed by atoms with Gasteiger partial charge < -0.3 is 19.4 Å². The number of halogens is 1. The van der Waals surface area contributed by atoms with Crippen molar-refractivity contribution in [1.29, 1.82) is 0 Å². The monoisotopic (exact) mass is 479 g/mol. The molecule has 1 atom stereocenters. The number of hydrogen-bond donors (Lipinski definition) is 1. The number of nitrogens with one attached hydrogen (secondary N) is 1. The molecule has 1 aliphatic carbocycles. The van der Waals surface area contributed by atoms with Gasteiger partial charge in [0.1, 0.15) is 11.5 Å². The molecule has 0 saturated heterocycles. The van der Waals surface area contributed by atoms with E-state index < -0.39 is 0 Å². The first-order chi connectivity index (χ1) is 16.5. The molecule has 0 spiro atoms. The zero-order chi connectivity index (χ0) is 24.1. The second kappa shape index (κ2) is 10.8. The molecular formula is C27H30ClN3O3. The van der Waals surface area contributed by atoms with Gasteiger partial charge in [-0.1, -0.05) is 12.1 Å². The number of aryl methyl sites for hydroxylation is 2. The van der Waals surface area contributed by atoms with Crippen LogP contribution in [0.5, 0.6) is 11.5 Å². The predicted molar refractivity (Wildman–Crippen MR) is 135 cm³/mol. The van der Waals surface area contributed by atoms with Crippen molar-refractivity contribution in [3.63, 3.8) is 0 Å².